The molecule has 0 fully saturated rings. The van der Waals surface area contributed by atoms with Gasteiger partial charge in [0.2, 0.25) is 5.91 Å². The van der Waals surface area contributed by atoms with Gasteiger partial charge in [0, 0.05) is 18.1 Å². The van der Waals surface area contributed by atoms with Crippen LogP contribution >= 0.6 is 22.9 Å². The number of amides is 1. The lowest BCUT2D eigenvalue weighted by Gasteiger charge is -2.25. The van der Waals surface area contributed by atoms with Gasteiger partial charge < -0.3 is 4.90 Å². The molecule has 2 aromatic carbocycles. The summed E-state index contributed by atoms with van der Waals surface area (Å²) in [7, 11) is 0. The number of carbonyl (C=O) groups is 1. The van der Waals surface area contributed by atoms with Gasteiger partial charge in [-0.05, 0) is 62.7 Å². The Kier molecular flexibility index (Phi) is 7.50. The monoisotopic (exact) mass is 443 g/mol. The maximum atomic E-state index is 13.4. The van der Waals surface area contributed by atoms with Crippen molar-refractivity contribution in [1.82, 2.24) is 9.88 Å². The largest absolute Gasteiger partial charge is 0.302 e. The molecule has 30 heavy (non-hydrogen) atoms. The van der Waals surface area contributed by atoms with Crippen molar-refractivity contribution in [2.24, 2.45) is 0 Å². The molecular weight excluding hydrogens is 414 g/mol. The zero-order valence-corrected chi connectivity index (χ0v) is 20.0. The van der Waals surface area contributed by atoms with E-state index in [1.807, 2.05) is 24.0 Å². The molecule has 3 rings (SSSR count). The summed E-state index contributed by atoms with van der Waals surface area (Å²) in [5, 5.41) is 1.45. The summed E-state index contributed by atoms with van der Waals surface area (Å²) in [5.41, 5.74) is 5.23. The normalized spacial score (nSPS) is 11.4. The van der Waals surface area contributed by atoms with Gasteiger partial charge in [-0.3, -0.25) is 9.69 Å². The van der Waals surface area contributed by atoms with Crippen LogP contribution in [0.2, 0.25) is 5.02 Å². The zero-order valence-electron chi connectivity index (χ0n) is 18.5. The van der Waals surface area contributed by atoms with Gasteiger partial charge in [-0.2, -0.15) is 0 Å². The van der Waals surface area contributed by atoms with Crippen LogP contribution in [0, 0.1) is 20.8 Å². The van der Waals surface area contributed by atoms with Gasteiger partial charge >= 0.3 is 0 Å². The predicted molar refractivity (Wildman–Crippen MR) is 129 cm³/mol. The summed E-state index contributed by atoms with van der Waals surface area (Å²) >= 11 is 7.85. The number of nitrogens with zero attached hydrogens (tertiary/aromatic N) is 3. The second-order valence-corrected chi connectivity index (χ2v) is 9.11. The Balaban J connectivity index is 1.94. The molecule has 0 saturated carbocycles. The number of hydrogen-bond acceptors (Lipinski definition) is 4. The first-order chi connectivity index (χ1) is 14.3. The van der Waals surface area contributed by atoms with E-state index < -0.39 is 0 Å². The minimum Gasteiger partial charge on any atom is -0.302 e. The first kappa shape index (κ1) is 22.7. The molecule has 3 aromatic rings. The molecule has 0 spiro atoms. The fourth-order valence-corrected chi connectivity index (χ4v) is 4.78. The Labute approximate surface area is 188 Å². The Morgan fingerprint density at radius 1 is 1.07 bits per heavy atom. The SMILES string of the molecule is CCN(CC)CCN(C(=O)Cc1cc(C)ccc1C)c1nc2c(C)c(Cl)ccc2s1. The van der Waals surface area contributed by atoms with Gasteiger partial charge in [0.05, 0.1) is 16.6 Å². The van der Waals surface area contributed by atoms with E-state index in [4.69, 9.17) is 16.6 Å². The molecule has 0 N–H and O–H groups in total. The zero-order chi connectivity index (χ0) is 21.8. The summed E-state index contributed by atoms with van der Waals surface area (Å²) in [4.78, 5) is 22.5. The van der Waals surface area contributed by atoms with Crippen LogP contribution in [-0.4, -0.2) is 42.0 Å². The summed E-state index contributed by atoms with van der Waals surface area (Å²) in [6, 6.07) is 10.2. The maximum absolute atomic E-state index is 13.4. The smallest absolute Gasteiger partial charge is 0.233 e. The Morgan fingerprint density at radius 2 is 1.80 bits per heavy atom. The molecular formula is C24H30ClN3OS. The molecule has 0 aliphatic rings. The van der Waals surface area contributed by atoms with Crippen LogP contribution in [0.4, 0.5) is 5.13 Å². The van der Waals surface area contributed by atoms with Crippen molar-refractivity contribution in [3.8, 4) is 0 Å². The van der Waals surface area contributed by atoms with Crippen LogP contribution < -0.4 is 4.90 Å². The highest BCUT2D eigenvalue weighted by atomic mass is 35.5. The van der Waals surface area contributed by atoms with Crippen molar-refractivity contribution in [3.05, 3.63) is 57.6 Å². The fraction of sp³-hybridized carbons (Fsp3) is 0.417. The van der Waals surface area contributed by atoms with Crippen LogP contribution in [0.5, 0.6) is 0 Å². The van der Waals surface area contributed by atoms with E-state index in [0.717, 1.165) is 51.7 Å². The molecule has 1 amide bonds. The topological polar surface area (TPSA) is 36.4 Å². The third-order valence-electron chi connectivity index (χ3n) is 5.65. The van der Waals surface area contributed by atoms with Crippen molar-refractivity contribution < 1.29 is 4.79 Å². The average Bonchev–Trinajstić information content (AvgIpc) is 3.15. The number of likely N-dealkylation sites (N-methyl/N-ethyl adjacent to an activating group) is 1. The van der Waals surface area contributed by atoms with E-state index in [1.54, 1.807) is 11.3 Å². The molecule has 0 bridgehead atoms. The highest BCUT2D eigenvalue weighted by molar-refractivity contribution is 7.22. The molecule has 0 atom stereocenters. The van der Waals surface area contributed by atoms with E-state index in [-0.39, 0.29) is 5.91 Å². The number of aryl methyl sites for hydroxylation is 3. The number of aromatic nitrogens is 1. The molecule has 6 heteroatoms. The first-order valence-corrected chi connectivity index (χ1v) is 11.7. The maximum Gasteiger partial charge on any atom is 0.233 e. The number of rotatable bonds is 8. The van der Waals surface area contributed by atoms with Gasteiger partial charge in [0.15, 0.2) is 5.13 Å². The van der Waals surface area contributed by atoms with Crippen molar-refractivity contribution in [2.75, 3.05) is 31.1 Å². The van der Waals surface area contributed by atoms with Crippen LogP contribution in [0.1, 0.15) is 36.1 Å². The molecule has 1 aromatic heterocycles. The molecule has 0 radical (unpaired) electrons. The number of anilines is 1. The number of thiazole rings is 1. The van der Waals surface area contributed by atoms with Gasteiger partial charge in [0.25, 0.3) is 0 Å². The summed E-state index contributed by atoms with van der Waals surface area (Å²) in [6.45, 7) is 13.8. The van der Waals surface area contributed by atoms with Crippen LogP contribution in [-0.2, 0) is 11.2 Å². The van der Waals surface area contributed by atoms with E-state index in [1.165, 1.54) is 5.56 Å². The quantitative estimate of drug-likeness (QED) is 0.442. The lowest BCUT2D eigenvalue weighted by atomic mass is 10.0. The number of fused-ring (bicyclic) bond motifs is 1. The average molecular weight is 444 g/mol. The standard InChI is InChI=1S/C24H30ClN3OS/c1-6-27(7-2)12-13-28(22(29)15-19-14-16(3)8-9-17(19)4)24-26-23-18(5)20(25)10-11-21(23)30-24/h8-11,14H,6-7,12-13,15H2,1-5H3. The van der Waals surface area contributed by atoms with Crippen molar-refractivity contribution in [3.63, 3.8) is 0 Å². The van der Waals surface area contributed by atoms with Gasteiger partial charge in [-0.25, -0.2) is 4.98 Å². The first-order valence-electron chi connectivity index (χ1n) is 10.5. The lowest BCUT2D eigenvalue weighted by Crippen LogP contribution is -2.39. The number of benzene rings is 2. The second-order valence-electron chi connectivity index (χ2n) is 7.69. The number of halogens is 1. The minimum absolute atomic E-state index is 0.0821. The van der Waals surface area contributed by atoms with E-state index in [2.05, 4.69) is 50.8 Å². The van der Waals surface area contributed by atoms with Crippen LogP contribution in [0.15, 0.2) is 30.3 Å². The van der Waals surface area contributed by atoms with E-state index in [9.17, 15) is 4.79 Å². The van der Waals surface area contributed by atoms with Crippen molar-refractivity contribution >= 4 is 44.2 Å². The Bertz CT molecular complexity index is 1040. The molecule has 160 valence electrons. The lowest BCUT2D eigenvalue weighted by molar-refractivity contribution is -0.118. The molecule has 0 saturated heterocycles. The van der Waals surface area contributed by atoms with E-state index >= 15 is 0 Å². The van der Waals surface area contributed by atoms with Crippen LogP contribution in [0.3, 0.4) is 0 Å². The van der Waals surface area contributed by atoms with E-state index in [0.29, 0.717) is 18.0 Å². The molecule has 1 heterocycles. The molecule has 4 nitrogen and oxygen atoms in total. The molecule has 0 aliphatic carbocycles. The van der Waals surface area contributed by atoms with Crippen molar-refractivity contribution in [2.45, 2.75) is 41.0 Å². The summed E-state index contributed by atoms with van der Waals surface area (Å²) in [6.07, 6.45) is 0.376. The summed E-state index contributed by atoms with van der Waals surface area (Å²) < 4.78 is 1.05. The molecule has 0 unspecified atom stereocenters. The second kappa shape index (κ2) is 9.90. The Hall–Kier alpha value is -1.95. The fourth-order valence-electron chi connectivity index (χ4n) is 3.56. The highest BCUT2D eigenvalue weighted by Crippen LogP contribution is 2.34. The predicted octanol–water partition coefficient (Wildman–Crippen LogP) is 5.79. The van der Waals surface area contributed by atoms with Gasteiger partial charge in [0.1, 0.15) is 0 Å². The van der Waals surface area contributed by atoms with Gasteiger partial charge in [-0.15, -0.1) is 0 Å². The Morgan fingerprint density at radius 3 is 2.50 bits per heavy atom. The third kappa shape index (κ3) is 5.02. The number of carbonyl (C=O) groups excluding carboxylic acids is 1. The molecule has 0 aliphatic heterocycles. The van der Waals surface area contributed by atoms with Crippen molar-refractivity contribution in [1.29, 1.82) is 0 Å². The third-order valence-corrected chi connectivity index (χ3v) is 7.10. The number of hydrogen-bond donors (Lipinski definition) is 0. The van der Waals surface area contributed by atoms with Crippen LogP contribution in [0.25, 0.3) is 10.2 Å². The minimum atomic E-state index is 0.0821. The van der Waals surface area contributed by atoms with Gasteiger partial charge in [-0.1, -0.05) is 60.5 Å². The highest BCUT2D eigenvalue weighted by Gasteiger charge is 2.22. The summed E-state index contributed by atoms with van der Waals surface area (Å²) in [5.74, 6) is 0.0821.